The van der Waals surface area contributed by atoms with Crippen LogP contribution in [0.1, 0.15) is 11.1 Å². The first-order valence-electron chi connectivity index (χ1n) is 6.53. The third-order valence-corrected chi connectivity index (χ3v) is 3.15. The molecule has 112 valence electrons. The van der Waals surface area contributed by atoms with Gasteiger partial charge in [0.15, 0.2) is 0 Å². The highest BCUT2D eigenvalue weighted by molar-refractivity contribution is 6.17. The largest absolute Gasteiger partial charge is 0.381 e. The second-order valence-electron chi connectivity index (χ2n) is 4.70. The maximum Gasteiger partial charge on any atom is 0.271 e. The molecule has 0 saturated heterocycles. The quantitative estimate of drug-likeness (QED) is 0.486. The first-order chi connectivity index (χ1) is 10.5. The Morgan fingerprint density at radius 2 is 1.91 bits per heavy atom. The summed E-state index contributed by atoms with van der Waals surface area (Å²) >= 11 is 0. The van der Waals surface area contributed by atoms with Crippen LogP contribution < -0.4 is 11.1 Å². The number of benzene rings is 2. The molecule has 2 aromatic rings. The van der Waals surface area contributed by atoms with Crippen molar-refractivity contribution < 1.29 is 9.72 Å². The van der Waals surface area contributed by atoms with Gasteiger partial charge in [-0.1, -0.05) is 36.9 Å². The van der Waals surface area contributed by atoms with Crippen molar-refractivity contribution in [2.75, 3.05) is 5.32 Å². The van der Waals surface area contributed by atoms with Crippen LogP contribution in [-0.2, 0) is 11.3 Å². The van der Waals surface area contributed by atoms with Crippen molar-refractivity contribution in [1.29, 1.82) is 0 Å². The molecule has 0 aliphatic rings. The lowest BCUT2D eigenvalue weighted by Gasteiger charge is -2.08. The number of non-ortho nitro benzene ring substituents is 1. The van der Waals surface area contributed by atoms with Crippen LogP contribution in [0.15, 0.2) is 55.1 Å². The second kappa shape index (κ2) is 6.53. The molecule has 0 unspecified atom stereocenters. The zero-order chi connectivity index (χ0) is 16.1. The van der Waals surface area contributed by atoms with Gasteiger partial charge < -0.3 is 11.1 Å². The van der Waals surface area contributed by atoms with Gasteiger partial charge in [-0.25, -0.2) is 0 Å². The lowest BCUT2D eigenvalue weighted by Crippen LogP contribution is -2.11. The Morgan fingerprint density at radius 1 is 1.23 bits per heavy atom. The van der Waals surface area contributed by atoms with Crippen molar-refractivity contribution in [3.8, 4) is 0 Å². The number of hydrogen-bond acceptors (Lipinski definition) is 4. The molecular formula is C16H15N3O3. The van der Waals surface area contributed by atoms with Crippen LogP contribution in [0, 0.1) is 10.1 Å². The fraction of sp³-hybridized carbons (Fsp3) is 0.0625. The van der Waals surface area contributed by atoms with Gasteiger partial charge in [-0.3, -0.25) is 14.9 Å². The SMILES string of the molecule is C=C(C(N)=O)c1ccc(CNc2cccc([N+](=O)[O-])c2)cc1. The van der Waals surface area contributed by atoms with E-state index in [0.29, 0.717) is 17.8 Å². The first kappa shape index (κ1) is 15.2. The Labute approximate surface area is 127 Å². The average molecular weight is 297 g/mol. The molecule has 0 bridgehead atoms. The summed E-state index contributed by atoms with van der Waals surface area (Å²) in [5.41, 5.74) is 7.78. The molecule has 0 heterocycles. The minimum Gasteiger partial charge on any atom is -0.381 e. The van der Waals surface area contributed by atoms with Gasteiger partial charge >= 0.3 is 0 Å². The number of nitrogens with zero attached hydrogens (tertiary/aromatic N) is 1. The summed E-state index contributed by atoms with van der Waals surface area (Å²) in [5, 5.41) is 13.8. The third kappa shape index (κ3) is 3.69. The first-order valence-corrected chi connectivity index (χ1v) is 6.53. The predicted molar refractivity (Wildman–Crippen MR) is 85.1 cm³/mol. The number of nitro groups is 1. The number of anilines is 1. The Hall–Kier alpha value is -3.15. The van der Waals surface area contributed by atoms with Crippen molar-refractivity contribution in [3.05, 3.63) is 76.4 Å². The van der Waals surface area contributed by atoms with Gasteiger partial charge in [0.05, 0.1) is 4.92 Å². The number of rotatable bonds is 6. The second-order valence-corrected chi connectivity index (χ2v) is 4.70. The Balaban J connectivity index is 2.03. The minimum absolute atomic E-state index is 0.0399. The zero-order valence-corrected chi connectivity index (χ0v) is 11.8. The summed E-state index contributed by atoms with van der Waals surface area (Å²) in [6, 6.07) is 13.5. The fourth-order valence-corrected chi connectivity index (χ4v) is 1.90. The number of nitro benzene ring substituents is 1. The van der Waals surface area contributed by atoms with Crippen molar-refractivity contribution >= 4 is 22.9 Å². The minimum atomic E-state index is -0.553. The van der Waals surface area contributed by atoms with Crippen LogP contribution in [-0.4, -0.2) is 10.8 Å². The molecular weight excluding hydrogens is 282 g/mol. The van der Waals surface area contributed by atoms with Crippen molar-refractivity contribution in [2.24, 2.45) is 5.73 Å². The van der Waals surface area contributed by atoms with E-state index in [0.717, 1.165) is 5.56 Å². The Kier molecular flexibility index (Phi) is 4.53. The topological polar surface area (TPSA) is 98.3 Å². The maximum atomic E-state index is 11.0. The third-order valence-electron chi connectivity index (χ3n) is 3.15. The lowest BCUT2D eigenvalue weighted by molar-refractivity contribution is -0.384. The van der Waals surface area contributed by atoms with Crippen molar-refractivity contribution in [2.45, 2.75) is 6.54 Å². The summed E-state index contributed by atoms with van der Waals surface area (Å²) in [6.07, 6.45) is 0. The van der Waals surface area contributed by atoms with Gasteiger partial charge in [0.2, 0.25) is 5.91 Å². The molecule has 0 aliphatic heterocycles. The molecule has 0 atom stereocenters. The molecule has 6 heteroatoms. The molecule has 0 spiro atoms. The van der Waals surface area contributed by atoms with E-state index in [1.165, 1.54) is 12.1 Å². The lowest BCUT2D eigenvalue weighted by atomic mass is 10.1. The Morgan fingerprint density at radius 3 is 2.50 bits per heavy atom. The van der Waals surface area contributed by atoms with Gasteiger partial charge in [-0.15, -0.1) is 0 Å². The molecule has 0 aromatic heterocycles. The van der Waals surface area contributed by atoms with E-state index in [1.54, 1.807) is 24.3 Å². The number of nitrogens with one attached hydrogen (secondary N) is 1. The van der Waals surface area contributed by atoms with Crippen LogP contribution in [0.25, 0.3) is 5.57 Å². The highest BCUT2D eigenvalue weighted by atomic mass is 16.6. The number of primary amides is 1. The molecule has 1 amide bonds. The molecule has 2 rings (SSSR count). The van der Waals surface area contributed by atoms with E-state index in [-0.39, 0.29) is 11.3 Å². The van der Waals surface area contributed by atoms with Gasteiger partial charge in [0, 0.05) is 29.9 Å². The van der Waals surface area contributed by atoms with Gasteiger partial charge in [0.25, 0.3) is 5.69 Å². The maximum absolute atomic E-state index is 11.0. The van der Waals surface area contributed by atoms with Crippen LogP contribution in [0.2, 0.25) is 0 Å². The van der Waals surface area contributed by atoms with E-state index < -0.39 is 10.8 Å². The monoisotopic (exact) mass is 297 g/mol. The molecule has 3 N–H and O–H groups in total. The standard InChI is InChI=1S/C16H15N3O3/c1-11(16(17)20)13-7-5-12(6-8-13)10-18-14-3-2-4-15(9-14)19(21)22/h2-9,18H,1,10H2,(H2,17,20). The van der Waals surface area contributed by atoms with Gasteiger partial charge in [-0.2, -0.15) is 0 Å². The highest BCUT2D eigenvalue weighted by Gasteiger charge is 2.06. The number of carbonyl (C=O) groups excluding carboxylic acids is 1. The summed E-state index contributed by atoms with van der Waals surface area (Å²) < 4.78 is 0. The van der Waals surface area contributed by atoms with E-state index >= 15 is 0 Å². The molecule has 22 heavy (non-hydrogen) atoms. The van der Waals surface area contributed by atoms with E-state index in [2.05, 4.69) is 11.9 Å². The normalized spacial score (nSPS) is 10.0. The summed E-state index contributed by atoms with van der Waals surface area (Å²) in [6.45, 7) is 4.12. The molecule has 0 aliphatic carbocycles. The van der Waals surface area contributed by atoms with Crippen molar-refractivity contribution in [3.63, 3.8) is 0 Å². The number of hydrogen-bond donors (Lipinski definition) is 2. The zero-order valence-electron chi connectivity index (χ0n) is 11.8. The fourth-order valence-electron chi connectivity index (χ4n) is 1.90. The van der Waals surface area contributed by atoms with Crippen LogP contribution in [0.5, 0.6) is 0 Å². The predicted octanol–water partition coefficient (Wildman–Crippen LogP) is 2.71. The summed E-state index contributed by atoms with van der Waals surface area (Å²) in [7, 11) is 0. The molecule has 2 aromatic carbocycles. The molecule has 0 saturated carbocycles. The average Bonchev–Trinajstić information content (AvgIpc) is 2.53. The van der Waals surface area contributed by atoms with E-state index in [1.807, 2.05) is 12.1 Å². The van der Waals surface area contributed by atoms with E-state index in [4.69, 9.17) is 5.73 Å². The number of amides is 1. The van der Waals surface area contributed by atoms with Crippen LogP contribution in [0.4, 0.5) is 11.4 Å². The molecule has 0 fully saturated rings. The summed E-state index contributed by atoms with van der Waals surface area (Å²) in [5.74, 6) is -0.553. The van der Waals surface area contributed by atoms with Gasteiger partial charge in [0.1, 0.15) is 0 Å². The van der Waals surface area contributed by atoms with Crippen LogP contribution >= 0.6 is 0 Å². The van der Waals surface area contributed by atoms with Gasteiger partial charge in [-0.05, 0) is 17.2 Å². The highest BCUT2D eigenvalue weighted by Crippen LogP contribution is 2.18. The Bertz CT molecular complexity index is 724. The molecule has 6 nitrogen and oxygen atoms in total. The number of carbonyl (C=O) groups is 1. The summed E-state index contributed by atoms with van der Waals surface area (Å²) in [4.78, 5) is 21.3. The van der Waals surface area contributed by atoms with E-state index in [9.17, 15) is 14.9 Å². The smallest absolute Gasteiger partial charge is 0.271 e. The van der Waals surface area contributed by atoms with Crippen LogP contribution in [0.3, 0.4) is 0 Å². The number of nitrogens with two attached hydrogens (primary N) is 1. The molecule has 0 radical (unpaired) electrons. The van der Waals surface area contributed by atoms with Crippen molar-refractivity contribution in [1.82, 2.24) is 0 Å².